The van der Waals surface area contributed by atoms with Crippen molar-refractivity contribution in [2.75, 3.05) is 5.75 Å². The Labute approximate surface area is 77.5 Å². The Hall–Kier alpha value is -0.410. The van der Waals surface area contributed by atoms with Crippen molar-refractivity contribution in [3.8, 4) is 0 Å². The highest BCUT2D eigenvalue weighted by Gasteiger charge is 2.02. The minimum absolute atomic E-state index is 0.269. The van der Waals surface area contributed by atoms with Crippen LogP contribution in [-0.2, 0) is 5.75 Å². The molecule has 0 unspecified atom stereocenters. The van der Waals surface area contributed by atoms with E-state index in [4.69, 9.17) is 10.2 Å². The number of thioether (sulfide) groups is 1. The molecule has 0 aliphatic heterocycles. The zero-order valence-electron chi connectivity index (χ0n) is 7.54. The lowest BCUT2D eigenvalue weighted by atomic mass is 10.3. The molecule has 0 radical (unpaired) electrons. The van der Waals surface area contributed by atoms with Crippen LogP contribution in [0.25, 0.3) is 0 Å². The molecule has 12 heavy (non-hydrogen) atoms. The van der Waals surface area contributed by atoms with E-state index in [1.807, 2.05) is 24.8 Å². The molecular formula is C9H15NOS. The number of rotatable bonds is 4. The van der Waals surface area contributed by atoms with Gasteiger partial charge in [0.15, 0.2) is 0 Å². The van der Waals surface area contributed by atoms with Crippen LogP contribution in [-0.4, -0.2) is 11.8 Å². The normalized spacial score (nSPS) is 13.2. The van der Waals surface area contributed by atoms with Gasteiger partial charge < -0.3 is 10.2 Å². The Morgan fingerprint density at radius 1 is 1.67 bits per heavy atom. The number of hydrogen-bond donors (Lipinski definition) is 1. The molecule has 1 rings (SSSR count). The molecule has 1 heterocycles. The van der Waals surface area contributed by atoms with Gasteiger partial charge in [0.25, 0.3) is 0 Å². The fourth-order valence-corrected chi connectivity index (χ4v) is 1.86. The maximum absolute atomic E-state index is 5.62. The van der Waals surface area contributed by atoms with E-state index < -0.39 is 0 Å². The molecule has 0 amide bonds. The second-order valence-corrected chi connectivity index (χ2v) is 4.05. The number of hydrogen-bond acceptors (Lipinski definition) is 3. The fraction of sp³-hybridized carbons (Fsp3) is 0.556. The molecule has 0 aromatic carbocycles. The molecule has 0 aliphatic rings. The summed E-state index contributed by atoms with van der Waals surface area (Å²) in [6, 6.07) is 2.26. The van der Waals surface area contributed by atoms with Gasteiger partial charge in [-0.1, -0.05) is 0 Å². The second kappa shape index (κ2) is 4.58. The van der Waals surface area contributed by atoms with Crippen LogP contribution < -0.4 is 5.73 Å². The van der Waals surface area contributed by atoms with Crippen LogP contribution in [0.15, 0.2) is 16.7 Å². The van der Waals surface area contributed by atoms with Crippen molar-refractivity contribution in [2.24, 2.45) is 5.73 Å². The smallest absolute Gasteiger partial charge is 0.116 e. The van der Waals surface area contributed by atoms with Gasteiger partial charge in [0.2, 0.25) is 0 Å². The summed E-state index contributed by atoms with van der Waals surface area (Å²) in [5, 5.41) is 0. The first-order chi connectivity index (χ1) is 5.70. The van der Waals surface area contributed by atoms with Gasteiger partial charge in [-0.15, -0.1) is 0 Å². The van der Waals surface area contributed by atoms with Crippen molar-refractivity contribution >= 4 is 11.8 Å². The van der Waals surface area contributed by atoms with E-state index in [2.05, 4.69) is 6.92 Å². The molecule has 2 N–H and O–H groups in total. The zero-order chi connectivity index (χ0) is 8.97. The minimum Gasteiger partial charge on any atom is -0.468 e. The third-order valence-electron chi connectivity index (χ3n) is 1.58. The van der Waals surface area contributed by atoms with Gasteiger partial charge in [-0.05, 0) is 25.5 Å². The first kappa shape index (κ1) is 9.68. The summed E-state index contributed by atoms with van der Waals surface area (Å²) in [5.74, 6) is 2.99. The molecule has 1 aromatic rings. The van der Waals surface area contributed by atoms with Crippen molar-refractivity contribution in [1.82, 2.24) is 0 Å². The average Bonchev–Trinajstić information content (AvgIpc) is 2.36. The Morgan fingerprint density at radius 2 is 2.42 bits per heavy atom. The number of furan rings is 1. The molecule has 0 saturated heterocycles. The standard InChI is InChI=1S/C9H15NOS/c1-7-3-4-11-9(7)6-12-5-8(2)10/h3-4,8H,5-6,10H2,1-2H3/t8-/m1/s1. The van der Waals surface area contributed by atoms with E-state index in [1.165, 1.54) is 5.56 Å². The highest BCUT2D eigenvalue weighted by atomic mass is 32.2. The van der Waals surface area contributed by atoms with Crippen LogP contribution in [0.2, 0.25) is 0 Å². The summed E-state index contributed by atoms with van der Waals surface area (Å²) in [7, 11) is 0. The molecular weight excluding hydrogens is 170 g/mol. The topological polar surface area (TPSA) is 39.2 Å². The monoisotopic (exact) mass is 185 g/mol. The quantitative estimate of drug-likeness (QED) is 0.781. The van der Waals surface area contributed by atoms with Gasteiger partial charge in [0.05, 0.1) is 12.0 Å². The summed E-state index contributed by atoms with van der Waals surface area (Å²) in [5.41, 5.74) is 6.85. The maximum atomic E-state index is 5.62. The van der Waals surface area contributed by atoms with E-state index in [1.54, 1.807) is 6.26 Å². The van der Waals surface area contributed by atoms with Crippen LogP contribution in [0.3, 0.4) is 0 Å². The predicted octanol–water partition coefficient (Wildman–Crippen LogP) is 2.17. The van der Waals surface area contributed by atoms with Crippen LogP contribution in [0.1, 0.15) is 18.2 Å². The molecule has 68 valence electrons. The average molecular weight is 185 g/mol. The molecule has 3 heteroatoms. The molecule has 0 fully saturated rings. The van der Waals surface area contributed by atoms with Crippen molar-refractivity contribution < 1.29 is 4.42 Å². The first-order valence-electron chi connectivity index (χ1n) is 4.06. The van der Waals surface area contributed by atoms with Crippen molar-refractivity contribution in [3.05, 3.63) is 23.7 Å². The van der Waals surface area contributed by atoms with Crippen molar-refractivity contribution in [3.63, 3.8) is 0 Å². The molecule has 1 atom stereocenters. The van der Waals surface area contributed by atoms with Gasteiger partial charge in [0.1, 0.15) is 5.76 Å². The third-order valence-corrected chi connectivity index (χ3v) is 2.81. The molecule has 0 bridgehead atoms. The number of aryl methyl sites for hydroxylation is 1. The Bertz CT molecular complexity index is 232. The van der Waals surface area contributed by atoms with Gasteiger partial charge in [-0.3, -0.25) is 0 Å². The van der Waals surface area contributed by atoms with E-state index >= 15 is 0 Å². The Balaban J connectivity index is 2.29. The van der Waals surface area contributed by atoms with Gasteiger partial charge in [-0.2, -0.15) is 11.8 Å². The van der Waals surface area contributed by atoms with Crippen LogP contribution >= 0.6 is 11.8 Å². The van der Waals surface area contributed by atoms with Gasteiger partial charge in [-0.25, -0.2) is 0 Å². The molecule has 0 aliphatic carbocycles. The lowest BCUT2D eigenvalue weighted by molar-refractivity contribution is 0.528. The largest absolute Gasteiger partial charge is 0.468 e. The van der Waals surface area contributed by atoms with Gasteiger partial charge in [0, 0.05) is 11.8 Å². The van der Waals surface area contributed by atoms with Gasteiger partial charge >= 0.3 is 0 Å². The summed E-state index contributed by atoms with van der Waals surface area (Å²) in [4.78, 5) is 0. The summed E-state index contributed by atoms with van der Waals surface area (Å²) in [6.07, 6.45) is 1.73. The number of nitrogens with two attached hydrogens (primary N) is 1. The summed E-state index contributed by atoms with van der Waals surface area (Å²) < 4.78 is 5.28. The summed E-state index contributed by atoms with van der Waals surface area (Å²) >= 11 is 1.81. The Kier molecular flexibility index (Phi) is 3.69. The van der Waals surface area contributed by atoms with Crippen molar-refractivity contribution in [2.45, 2.75) is 25.6 Å². The first-order valence-corrected chi connectivity index (χ1v) is 5.22. The second-order valence-electron chi connectivity index (χ2n) is 3.02. The summed E-state index contributed by atoms with van der Waals surface area (Å²) in [6.45, 7) is 4.08. The van der Waals surface area contributed by atoms with E-state index in [0.717, 1.165) is 17.3 Å². The Morgan fingerprint density at radius 3 is 2.92 bits per heavy atom. The third kappa shape index (κ3) is 2.91. The van der Waals surface area contributed by atoms with Crippen LogP contribution in [0.5, 0.6) is 0 Å². The fourth-order valence-electron chi connectivity index (χ4n) is 0.889. The zero-order valence-corrected chi connectivity index (χ0v) is 8.36. The van der Waals surface area contributed by atoms with Crippen LogP contribution in [0.4, 0.5) is 0 Å². The minimum atomic E-state index is 0.269. The lowest BCUT2D eigenvalue weighted by Gasteiger charge is -2.02. The van der Waals surface area contributed by atoms with E-state index in [0.29, 0.717) is 0 Å². The molecule has 1 aromatic heterocycles. The molecule has 0 spiro atoms. The predicted molar refractivity (Wildman–Crippen MR) is 53.3 cm³/mol. The molecule has 2 nitrogen and oxygen atoms in total. The maximum Gasteiger partial charge on any atom is 0.116 e. The van der Waals surface area contributed by atoms with E-state index in [9.17, 15) is 0 Å². The van der Waals surface area contributed by atoms with E-state index in [-0.39, 0.29) is 6.04 Å². The molecule has 0 saturated carbocycles. The highest BCUT2D eigenvalue weighted by molar-refractivity contribution is 7.98. The van der Waals surface area contributed by atoms with Crippen LogP contribution in [0, 0.1) is 6.92 Å². The van der Waals surface area contributed by atoms with Crippen molar-refractivity contribution in [1.29, 1.82) is 0 Å². The lowest BCUT2D eigenvalue weighted by Crippen LogP contribution is -2.17. The highest BCUT2D eigenvalue weighted by Crippen LogP contribution is 2.16. The SMILES string of the molecule is Cc1ccoc1CSC[C@@H](C)N.